The molecule has 28 heavy (non-hydrogen) atoms. The number of hydrogen-bond donors (Lipinski definition) is 1. The molecule has 0 spiro atoms. The molecule has 2 fully saturated rings. The standard InChI is InChI=1S/C22H27N3O3/c1-16-4-9-20(28-16)17-5-7-18(8-6-17)21(26)23-19-10-14-25(15-11-19)22(27)24-12-2-3-13-24/h4-9,19H,2-3,10-15H2,1H3,(H,23,26). The van der Waals surface area contributed by atoms with E-state index in [0.29, 0.717) is 18.7 Å². The van der Waals surface area contributed by atoms with Gasteiger partial charge in [-0.2, -0.15) is 0 Å². The third-order valence-corrected chi connectivity index (χ3v) is 5.65. The zero-order valence-corrected chi connectivity index (χ0v) is 16.3. The number of likely N-dealkylation sites (tertiary alicyclic amines) is 2. The fourth-order valence-corrected chi connectivity index (χ4v) is 3.97. The Kier molecular flexibility index (Phi) is 5.37. The predicted octanol–water partition coefficient (Wildman–Crippen LogP) is 3.67. The van der Waals surface area contributed by atoms with Gasteiger partial charge in [-0.3, -0.25) is 4.79 Å². The smallest absolute Gasteiger partial charge is 0.319 e. The van der Waals surface area contributed by atoms with Crippen LogP contribution in [0.1, 0.15) is 41.8 Å². The van der Waals surface area contributed by atoms with Crippen LogP contribution in [0, 0.1) is 6.92 Å². The second-order valence-electron chi connectivity index (χ2n) is 7.70. The summed E-state index contributed by atoms with van der Waals surface area (Å²) in [6.45, 7) is 5.08. The van der Waals surface area contributed by atoms with Crippen molar-refractivity contribution < 1.29 is 14.0 Å². The lowest BCUT2D eigenvalue weighted by Crippen LogP contribution is -2.50. The SMILES string of the molecule is Cc1ccc(-c2ccc(C(=O)NC3CCN(C(=O)N4CCCC4)CC3)cc2)o1. The number of nitrogens with one attached hydrogen (secondary N) is 1. The summed E-state index contributed by atoms with van der Waals surface area (Å²) in [5.74, 6) is 1.61. The fraction of sp³-hybridized carbons (Fsp3) is 0.455. The van der Waals surface area contributed by atoms with Gasteiger partial charge in [0, 0.05) is 43.3 Å². The molecular weight excluding hydrogens is 354 g/mol. The Morgan fingerprint density at radius 2 is 1.57 bits per heavy atom. The summed E-state index contributed by atoms with van der Waals surface area (Å²) in [6.07, 6.45) is 3.82. The summed E-state index contributed by atoms with van der Waals surface area (Å²) in [7, 11) is 0. The van der Waals surface area contributed by atoms with Crippen LogP contribution in [0.4, 0.5) is 4.79 Å². The lowest BCUT2D eigenvalue weighted by atomic mass is 10.0. The van der Waals surface area contributed by atoms with Crippen LogP contribution in [-0.2, 0) is 0 Å². The van der Waals surface area contributed by atoms with E-state index in [-0.39, 0.29) is 18.0 Å². The zero-order chi connectivity index (χ0) is 19.5. The molecule has 2 aliphatic rings. The van der Waals surface area contributed by atoms with Crippen molar-refractivity contribution >= 4 is 11.9 Å². The minimum Gasteiger partial charge on any atom is -0.461 e. The lowest BCUT2D eigenvalue weighted by molar-refractivity contribution is 0.0912. The van der Waals surface area contributed by atoms with Crippen LogP contribution < -0.4 is 5.32 Å². The zero-order valence-electron chi connectivity index (χ0n) is 16.3. The number of furan rings is 1. The maximum Gasteiger partial charge on any atom is 0.319 e. The average Bonchev–Trinajstić information content (AvgIpc) is 3.40. The maximum absolute atomic E-state index is 12.6. The molecule has 0 aliphatic carbocycles. The number of hydrogen-bond acceptors (Lipinski definition) is 3. The summed E-state index contributed by atoms with van der Waals surface area (Å²) in [5, 5.41) is 3.11. The van der Waals surface area contributed by atoms with Gasteiger partial charge in [0.25, 0.3) is 5.91 Å². The van der Waals surface area contributed by atoms with Crippen LogP contribution in [0.5, 0.6) is 0 Å². The van der Waals surface area contributed by atoms with E-state index in [2.05, 4.69) is 5.32 Å². The number of amides is 3. The molecular formula is C22H27N3O3. The van der Waals surface area contributed by atoms with Crippen molar-refractivity contribution in [3.63, 3.8) is 0 Å². The summed E-state index contributed by atoms with van der Waals surface area (Å²) in [6, 6.07) is 11.6. The Bertz CT molecular complexity index is 829. The number of carbonyl (C=O) groups excluding carboxylic acids is 2. The molecule has 4 rings (SSSR count). The second kappa shape index (κ2) is 8.09. The van der Waals surface area contributed by atoms with Gasteiger partial charge in [-0.15, -0.1) is 0 Å². The summed E-state index contributed by atoms with van der Waals surface area (Å²) >= 11 is 0. The molecule has 148 valence electrons. The number of nitrogens with zero attached hydrogens (tertiary/aromatic N) is 2. The van der Waals surface area contributed by atoms with Crippen molar-refractivity contribution in [3.05, 3.63) is 47.7 Å². The van der Waals surface area contributed by atoms with Crippen LogP contribution in [0.2, 0.25) is 0 Å². The Morgan fingerprint density at radius 1 is 0.929 bits per heavy atom. The van der Waals surface area contributed by atoms with Crippen LogP contribution in [0.15, 0.2) is 40.8 Å². The van der Waals surface area contributed by atoms with Crippen molar-refractivity contribution in [2.45, 2.75) is 38.6 Å². The molecule has 3 heterocycles. The van der Waals surface area contributed by atoms with E-state index in [1.54, 1.807) is 0 Å². The molecule has 1 aromatic carbocycles. The molecule has 1 N–H and O–H groups in total. The Labute approximate surface area is 165 Å². The van der Waals surface area contributed by atoms with E-state index in [9.17, 15) is 9.59 Å². The van der Waals surface area contributed by atoms with Gasteiger partial charge in [0.1, 0.15) is 11.5 Å². The molecule has 1 aromatic heterocycles. The molecule has 6 heteroatoms. The highest BCUT2D eigenvalue weighted by molar-refractivity contribution is 5.94. The highest BCUT2D eigenvalue weighted by Crippen LogP contribution is 2.22. The van der Waals surface area contributed by atoms with Crippen molar-refractivity contribution in [1.29, 1.82) is 0 Å². The first-order chi connectivity index (χ1) is 13.6. The highest BCUT2D eigenvalue weighted by Gasteiger charge is 2.28. The minimum absolute atomic E-state index is 0.0634. The first-order valence-electron chi connectivity index (χ1n) is 10.1. The fourth-order valence-electron chi connectivity index (χ4n) is 3.97. The van der Waals surface area contributed by atoms with Gasteiger partial charge >= 0.3 is 6.03 Å². The second-order valence-corrected chi connectivity index (χ2v) is 7.70. The largest absolute Gasteiger partial charge is 0.461 e. The first kappa shape index (κ1) is 18.6. The van der Waals surface area contributed by atoms with Gasteiger partial charge in [0.15, 0.2) is 0 Å². The predicted molar refractivity (Wildman–Crippen MR) is 107 cm³/mol. The summed E-state index contributed by atoms with van der Waals surface area (Å²) in [5.41, 5.74) is 1.60. The Hall–Kier alpha value is -2.76. The molecule has 0 bridgehead atoms. The first-order valence-corrected chi connectivity index (χ1v) is 10.1. The maximum atomic E-state index is 12.6. The van der Waals surface area contributed by atoms with Gasteiger partial charge in [0.2, 0.25) is 0 Å². The van der Waals surface area contributed by atoms with Crippen molar-refractivity contribution in [2.75, 3.05) is 26.2 Å². The number of rotatable bonds is 3. The van der Waals surface area contributed by atoms with Crippen LogP contribution >= 0.6 is 0 Å². The molecule has 2 aliphatic heterocycles. The van der Waals surface area contributed by atoms with Gasteiger partial charge in [-0.25, -0.2) is 4.79 Å². The van der Waals surface area contributed by atoms with Crippen molar-refractivity contribution in [1.82, 2.24) is 15.1 Å². The average molecular weight is 381 g/mol. The molecule has 6 nitrogen and oxygen atoms in total. The number of carbonyl (C=O) groups is 2. The van der Waals surface area contributed by atoms with Gasteiger partial charge in [-0.1, -0.05) is 12.1 Å². The Morgan fingerprint density at radius 3 is 2.18 bits per heavy atom. The van der Waals surface area contributed by atoms with Crippen LogP contribution in [0.3, 0.4) is 0 Å². The Balaban J connectivity index is 1.29. The number of piperidine rings is 1. The topological polar surface area (TPSA) is 65.8 Å². The summed E-state index contributed by atoms with van der Waals surface area (Å²) < 4.78 is 5.62. The van der Waals surface area contributed by atoms with E-state index in [1.807, 2.05) is 53.1 Å². The monoisotopic (exact) mass is 381 g/mol. The minimum atomic E-state index is -0.0634. The number of benzene rings is 1. The third-order valence-electron chi connectivity index (χ3n) is 5.65. The van der Waals surface area contributed by atoms with Crippen molar-refractivity contribution in [3.8, 4) is 11.3 Å². The lowest BCUT2D eigenvalue weighted by Gasteiger charge is -2.34. The molecule has 3 amide bonds. The van der Waals surface area contributed by atoms with E-state index in [0.717, 1.165) is 55.9 Å². The summed E-state index contributed by atoms with van der Waals surface area (Å²) in [4.78, 5) is 28.9. The molecule has 0 atom stereocenters. The molecule has 0 radical (unpaired) electrons. The van der Waals surface area contributed by atoms with E-state index >= 15 is 0 Å². The molecule has 0 unspecified atom stereocenters. The normalized spacial score (nSPS) is 17.8. The third kappa shape index (κ3) is 4.06. The van der Waals surface area contributed by atoms with Gasteiger partial charge in [0.05, 0.1) is 0 Å². The molecule has 0 saturated carbocycles. The van der Waals surface area contributed by atoms with E-state index < -0.39 is 0 Å². The van der Waals surface area contributed by atoms with E-state index in [1.165, 1.54) is 0 Å². The highest BCUT2D eigenvalue weighted by atomic mass is 16.3. The van der Waals surface area contributed by atoms with Crippen LogP contribution in [0.25, 0.3) is 11.3 Å². The van der Waals surface area contributed by atoms with Gasteiger partial charge < -0.3 is 19.5 Å². The number of urea groups is 1. The van der Waals surface area contributed by atoms with Gasteiger partial charge in [-0.05, 0) is 56.9 Å². The van der Waals surface area contributed by atoms with Crippen molar-refractivity contribution in [2.24, 2.45) is 0 Å². The quantitative estimate of drug-likeness (QED) is 0.882. The van der Waals surface area contributed by atoms with E-state index in [4.69, 9.17) is 4.42 Å². The molecule has 2 saturated heterocycles. The molecule has 2 aromatic rings. The van der Waals surface area contributed by atoms with Crippen LogP contribution in [-0.4, -0.2) is 54.0 Å². The number of aryl methyl sites for hydroxylation is 1.